The highest BCUT2D eigenvalue weighted by Crippen LogP contribution is 2.26. The summed E-state index contributed by atoms with van der Waals surface area (Å²) in [6.45, 7) is 0. The molecule has 0 radical (unpaired) electrons. The molecule has 4 rings (SSSR count). The number of nitrogens with one attached hydrogen (secondary N) is 1. The topological polar surface area (TPSA) is 75.7 Å². The standard InChI is InChI=1S/C25H18BrFN2O4/c1-33-20-9-7-19(8-10-20)29-24(31)21(23(30)28-25(29)32)13-16-5-6-17(22(26)14-16)11-15-3-2-4-18(27)12-15/h2-10,12-14H,11H2,1H3,(H,28,30,32)/b21-13+. The van der Waals surface area contributed by atoms with E-state index < -0.39 is 17.8 Å². The summed E-state index contributed by atoms with van der Waals surface area (Å²) in [6.07, 6.45) is 1.94. The molecule has 1 aliphatic heterocycles. The Morgan fingerprint density at radius 1 is 1.03 bits per heavy atom. The Morgan fingerprint density at radius 2 is 1.79 bits per heavy atom. The van der Waals surface area contributed by atoms with Crippen LogP contribution in [0.3, 0.4) is 0 Å². The number of rotatable bonds is 5. The fourth-order valence-electron chi connectivity index (χ4n) is 3.45. The number of urea groups is 1. The molecular weight excluding hydrogens is 491 g/mol. The Balaban J connectivity index is 1.61. The molecule has 8 heteroatoms. The van der Waals surface area contributed by atoms with Gasteiger partial charge < -0.3 is 4.74 Å². The maximum absolute atomic E-state index is 13.5. The van der Waals surface area contributed by atoms with Gasteiger partial charge in [-0.05, 0) is 71.7 Å². The fraction of sp³-hybridized carbons (Fsp3) is 0.0800. The molecule has 6 nitrogen and oxygen atoms in total. The molecular formula is C25H18BrFN2O4. The van der Waals surface area contributed by atoms with Crippen LogP contribution in [-0.4, -0.2) is 25.0 Å². The molecule has 166 valence electrons. The smallest absolute Gasteiger partial charge is 0.335 e. The van der Waals surface area contributed by atoms with Crippen molar-refractivity contribution in [3.63, 3.8) is 0 Å². The number of barbiturate groups is 1. The number of imide groups is 2. The molecule has 1 N–H and O–H groups in total. The molecule has 0 spiro atoms. The Labute approximate surface area is 197 Å². The zero-order valence-electron chi connectivity index (χ0n) is 17.5. The molecule has 1 heterocycles. The van der Waals surface area contributed by atoms with Gasteiger partial charge in [0.15, 0.2) is 0 Å². The molecule has 3 aromatic carbocycles. The zero-order chi connectivity index (χ0) is 23.5. The third kappa shape index (κ3) is 4.85. The van der Waals surface area contributed by atoms with Crippen molar-refractivity contribution < 1.29 is 23.5 Å². The van der Waals surface area contributed by atoms with E-state index in [1.54, 1.807) is 42.5 Å². The summed E-state index contributed by atoms with van der Waals surface area (Å²) in [5, 5.41) is 2.20. The minimum absolute atomic E-state index is 0.171. The molecule has 0 aliphatic carbocycles. The highest BCUT2D eigenvalue weighted by molar-refractivity contribution is 9.10. The predicted molar refractivity (Wildman–Crippen MR) is 125 cm³/mol. The van der Waals surface area contributed by atoms with Crippen molar-refractivity contribution in [2.24, 2.45) is 0 Å². The monoisotopic (exact) mass is 508 g/mol. The highest BCUT2D eigenvalue weighted by Gasteiger charge is 2.36. The Hall–Kier alpha value is -3.78. The molecule has 1 aliphatic rings. The average Bonchev–Trinajstić information content (AvgIpc) is 2.79. The number of hydrogen-bond acceptors (Lipinski definition) is 4. The zero-order valence-corrected chi connectivity index (χ0v) is 19.1. The van der Waals surface area contributed by atoms with Gasteiger partial charge in [-0.25, -0.2) is 14.1 Å². The highest BCUT2D eigenvalue weighted by atomic mass is 79.9. The van der Waals surface area contributed by atoms with Gasteiger partial charge in [-0.3, -0.25) is 14.9 Å². The number of anilines is 1. The second kappa shape index (κ2) is 9.38. The first-order valence-electron chi connectivity index (χ1n) is 9.94. The van der Waals surface area contributed by atoms with Crippen LogP contribution in [0.1, 0.15) is 16.7 Å². The van der Waals surface area contributed by atoms with Crippen LogP contribution in [0.4, 0.5) is 14.9 Å². The van der Waals surface area contributed by atoms with Gasteiger partial charge in [-0.1, -0.05) is 40.2 Å². The Kier molecular flexibility index (Phi) is 6.37. The van der Waals surface area contributed by atoms with Crippen LogP contribution in [0.25, 0.3) is 6.08 Å². The number of carbonyl (C=O) groups is 3. The number of nitrogens with zero attached hydrogens (tertiary/aromatic N) is 1. The molecule has 0 aromatic heterocycles. The molecule has 4 amide bonds. The van der Waals surface area contributed by atoms with E-state index in [2.05, 4.69) is 21.2 Å². The SMILES string of the molecule is COc1ccc(N2C(=O)NC(=O)/C(=C\c3ccc(Cc4cccc(F)c4)c(Br)c3)C2=O)cc1. The number of methoxy groups -OCH3 is 1. The van der Waals surface area contributed by atoms with Gasteiger partial charge in [0, 0.05) is 4.47 Å². The normalized spacial score (nSPS) is 15.1. The molecule has 0 unspecified atom stereocenters. The van der Waals surface area contributed by atoms with Gasteiger partial charge in [-0.15, -0.1) is 0 Å². The lowest BCUT2D eigenvalue weighted by atomic mass is 10.0. The summed E-state index contributed by atoms with van der Waals surface area (Å²) in [6, 6.07) is 17.2. The number of benzene rings is 3. The maximum Gasteiger partial charge on any atom is 0.335 e. The molecule has 3 aromatic rings. The summed E-state index contributed by atoms with van der Waals surface area (Å²) in [4.78, 5) is 38.7. The van der Waals surface area contributed by atoms with Crippen LogP contribution in [0.2, 0.25) is 0 Å². The van der Waals surface area contributed by atoms with Crippen molar-refractivity contribution in [1.29, 1.82) is 0 Å². The van der Waals surface area contributed by atoms with Crippen LogP contribution >= 0.6 is 15.9 Å². The first-order chi connectivity index (χ1) is 15.9. The van der Waals surface area contributed by atoms with E-state index in [9.17, 15) is 18.8 Å². The lowest BCUT2D eigenvalue weighted by Gasteiger charge is -2.26. The predicted octanol–water partition coefficient (Wildman–Crippen LogP) is 4.85. The van der Waals surface area contributed by atoms with E-state index in [0.717, 1.165) is 20.5 Å². The van der Waals surface area contributed by atoms with Crippen LogP contribution in [0.15, 0.2) is 76.8 Å². The van der Waals surface area contributed by atoms with E-state index >= 15 is 0 Å². The number of ether oxygens (including phenoxy) is 1. The van der Waals surface area contributed by atoms with E-state index in [-0.39, 0.29) is 11.4 Å². The van der Waals surface area contributed by atoms with Crippen molar-refractivity contribution >= 4 is 45.5 Å². The average molecular weight is 509 g/mol. The maximum atomic E-state index is 13.5. The second-order valence-electron chi connectivity index (χ2n) is 7.31. The van der Waals surface area contributed by atoms with E-state index in [4.69, 9.17) is 4.74 Å². The first kappa shape index (κ1) is 22.4. The fourth-order valence-corrected chi connectivity index (χ4v) is 3.99. The lowest BCUT2D eigenvalue weighted by Crippen LogP contribution is -2.54. The van der Waals surface area contributed by atoms with Crippen molar-refractivity contribution in [2.75, 3.05) is 12.0 Å². The second-order valence-corrected chi connectivity index (χ2v) is 8.17. The van der Waals surface area contributed by atoms with Crippen LogP contribution < -0.4 is 15.0 Å². The summed E-state index contributed by atoms with van der Waals surface area (Å²) in [5.74, 6) is -1.23. The van der Waals surface area contributed by atoms with E-state index in [1.807, 2.05) is 12.1 Å². The molecule has 0 saturated carbocycles. The summed E-state index contributed by atoms with van der Waals surface area (Å²) in [5.41, 5.74) is 2.46. The molecule has 33 heavy (non-hydrogen) atoms. The number of amides is 4. The van der Waals surface area contributed by atoms with Crippen LogP contribution in [0, 0.1) is 5.82 Å². The summed E-state index contributed by atoms with van der Waals surface area (Å²) >= 11 is 3.51. The van der Waals surface area contributed by atoms with Crippen molar-refractivity contribution in [1.82, 2.24) is 5.32 Å². The van der Waals surface area contributed by atoms with Gasteiger partial charge >= 0.3 is 6.03 Å². The minimum atomic E-state index is -0.820. The van der Waals surface area contributed by atoms with Crippen molar-refractivity contribution in [3.8, 4) is 5.75 Å². The third-order valence-corrected chi connectivity index (χ3v) is 5.84. The van der Waals surface area contributed by atoms with E-state index in [0.29, 0.717) is 23.4 Å². The van der Waals surface area contributed by atoms with Crippen LogP contribution in [-0.2, 0) is 16.0 Å². The molecule has 0 bridgehead atoms. The van der Waals surface area contributed by atoms with Gasteiger partial charge in [0.2, 0.25) is 0 Å². The van der Waals surface area contributed by atoms with Crippen LogP contribution in [0.5, 0.6) is 5.75 Å². The number of hydrogen-bond donors (Lipinski definition) is 1. The third-order valence-electron chi connectivity index (χ3n) is 5.10. The van der Waals surface area contributed by atoms with Crippen molar-refractivity contribution in [2.45, 2.75) is 6.42 Å². The molecule has 0 atom stereocenters. The Morgan fingerprint density at radius 3 is 2.45 bits per heavy atom. The lowest BCUT2D eigenvalue weighted by molar-refractivity contribution is -0.122. The first-order valence-corrected chi connectivity index (χ1v) is 10.7. The largest absolute Gasteiger partial charge is 0.497 e. The van der Waals surface area contributed by atoms with Crippen molar-refractivity contribution in [3.05, 3.63) is 99.3 Å². The van der Waals surface area contributed by atoms with Gasteiger partial charge in [0.25, 0.3) is 11.8 Å². The van der Waals surface area contributed by atoms with E-state index in [1.165, 1.54) is 25.3 Å². The Bertz CT molecular complexity index is 1290. The summed E-state index contributed by atoms with van der Waals surface area (Å²) in [7, 11) is 1.51. The van der Waals surface area contributed by atoms with Gasteiger partial charge in [0.05, 0.1) is 12.8 Å². The quantitative estimate of drug-likeness (QED) is 0.394. The molecule has 1 fully saturated rings. The summed E-state index contributed by atoms with van der Waals surface area (Å²) < 4.78 is 19.3. The number of carbonyl (C=O) groups excluding carboxylic acids is 3. The van der Waals surface area contributed by atoms with Gasteiger partial charge in [-0.2, -0.15) is 0 Å². The number of halogens is 2. The van der Waals surface area contributed by atoms with Gasteiger partial charge in [0.1, 0.15) is 17.1 Å². The minimum Gasteiger partial charge on any atom is -0.497 e. The molecule has 1 saturated heterocycles.